The summed E-state index contributed by atoms with van der Waals surface area (Å²) in [6.07, 6.45) is 4.26. The SMILES string of the molecule is CN(c1ncnc2sccc12)C1CC1. The van der Waals surface area contributed by atoms with E-state index in [1.54, 1.807) is 17.7 Å². The minimum atomic E-state index is 0.702. The molecule has 14 heavy (non-hydrogen) atoms. The molecule has 1 aliphatic rings. The minimum absolute atomic E-state index is 0.702. The molecular weight excluding hydrogens is 194 g/mol. The third kappa shape index (κ3) is 1.18. The summed E-state index contributed by atoms with van der Waals surface area (Å²) in [5.74, 6) is 1.08. The zero-order chi connectivity index (χ0) is 9.54. The molecule has 1 aliphatic carbocycles. The predicted octanol–water partition coefficient (Wildman–Crippen LogP) is 2.29. The molecule has 0 unspecified atom stereocenters. The van der Waals surface area contributed by atoms with Crippen LogP contribution in [0.15, 0.2) is 17.8 Å². The molecule has 0 saturated heterocycles. The fraction of sp³-hybridized carbons (Fsp3) is 0.400. The van der Waals surface area contributed by atoms with Crippen molar-refractivity contribution in [2.45, 2.75) is 18.9 Å². The molecule has 0 aliphatic heterocycles. The lowest BCUT2D eigenvalue weighted by Gasteiger charge is -2.17. The Hall–Kier alpha value is -1.16. The van der Waals surface area contributed by atoms with Crippen LogP contribution in [0.5, 0.6) is 0 Å². The number of aromatic nitrogens is 2. The largest absolute Gasteiger partial charge is 0.356 e. The van der Waals surface area contributed by atoms with Crippen LogP contribution in [0.4, 0.5) is 5.82 Å². The van der Waals surface area contributed by atoms with Crippen LogP contribution in [0, 0.1) is 0 Å². The molecule has 4 heteroatoms. The number of nitrogens with zero attached hydrogens (tertiary/aromatic N) is 3. The Kier molecular flexibility index (Phi) is 1.70. The molecule has 0 spiro atoms. The van der Waals surface area contributed by atoms with Crippen LogP contribution in [0.25, 0.3) is 10.2 Å². The van der Waals surface area contributed by atoms with Gasteiger partial charge in [0.2, 0.25) is 0 Å². The first-order chi connectivity index (χ1) is 6.86. The molecule has 1 fully saturated rings. The van der Waals surface area contributed by atoms with Gasteiger partial charge in [-0.1, -0.05) is 0 Å². The minimum Gasteiger partial charge on any atom is -0.356 e. The van der Waals surface area contributed by atoms with Gasteiger partial charge in [0.05, 0.1) is 5.39 Å². The van der Waals surface area contributed by atoms with Gasteiger partial charge in [-0.15, -0.1) is 11.3 Å². The van der Waals surface area contributed by atoms with Crippen LogP contribution in [-0.4, -0.2) is 23.1 Å². The van der Waals surface area contributed by atoms with Crippen molar-refractivity contribution in [1.29, 1.82) is 0 Å². The molecule has 1 saturated carbocycles. The third-order valence-electron chi connectivity index (χ3n) is 2.67. The van der Waals surface area contributed by atoms with Crippen molar-refractivity contribution in [3.8, 4) is 0 Å². The molecule has 72 valence electrons. The highest BCUT2D eigenvalue weighted by Gasteiger charge is 2.28. The summed E-state index contributed by atoms with van der Waals surface area (Å²) < 4.78 is 0. The molecule has 2 aromatic rings. The maximum absolute atomic E-state index is 4.36. The molecule has 3 rings (SSSR count). The molecule has 0 bridgehead atoms. The first-order valence-electron chi connectivity index (χ1n) is 4.77. The van der Waals surface area contributed by atoms with E-state index in [-0.39, 0.29) is 0 Å². The number of hydrogen-bond acceptors (Lipinski definition) is 4. The van der Waals surface area contributed by atoms with Crippen molar-refractivity contribution in [1.82, 2.24) is 9.97 Å². The van der Waals surface area contributed by atoms with Crippen LogP contribution >= 0.6 is 11.3 Å². The van der Waals surface area contributed by atoms with Gasteiger partial charge >= 0.3 is 0 Å². The van der Waals surface area contributed by atoms with Crippen LogP contribution < -0.4 is 4.90 Å². The van der Waals surface area contributed by atoms with Crippen molar-refractivity contribution in [2.75, 3.05) is 11.9 Å². The Labute approximate surface area is 86.4 Å². The van der Waals surface area contributed by atoms with Gasteiger partial charge in [-0.05, 0) is 24.3 Å². The highest BCUT2D eigenvalue weighted by Crippen LogP contribution is 2.33. The highest BCUT2D eigenvalue weighted by atomic mass is 32.1. The van der Waals surface area contributed by atoms with E-state index in [0.29, 0.717) is 6.04 Å². The number of thiophene rings is 1. The van der Waals surface area contributed by atoms with Crippen molar-refractivity contribution in [3.63, 3.8) is 0 Å². The Balaban J connectivity index is 2.14. The number of fused-ring (bicyclic) bond motifs is 1. The quantitative estimate of drug-likeness (QED) is 0.753. The van der Waals surface area contributed by atoms with Gasteiger partial charge in [0.15, 0.2) is 0 Å². The lowest BCUT2D eigenvalue weighted by molar-refractivity contribution is 0.895. The van der Waals surface area contributed by atoms with Gasteiger partial charge in [0.1, 0.15) is 17.0 Å². The molecule has 0 aromatic carbocycles. The van der Waals surface area contributed by atoms with Crippen molar-refractivity contribution < 1.29 is 0 Å². The van der Waals surface area contributed by atoms with Crippen molar-refractivity contribution >= 4 is 27.4 Å². The molecule has 2 aromatic heterocycles. The van der Waals surface area contributed by atoms with Crippen LogP contribution in [0.3, 0.4) is 0 Å². The van der Waals surface area contributed by atoms with E-state index >= 15 is 0 Å². The summed E-state index contributed by atoms with van der Waals surface area (Å²) in [6.45, 7) is 0. The van der Waals surface area contributed by atoms with E-state index in [9.17, 15) is 0 Å². The highest BCUT2D eigenvalue weighted by molar-refractivity contribution is 7.16. The van der Waals surface area contributed by atoms with Crippen LogP contribution in [0.2, 0.25) is 0 Å². The number of anilines is 1. The van der Waals surface area contributed by atoms with E-state index < -0.39 is 0 Å². The molecule has 0 atom stereocenters. The van der Waals surface area contributed by atoms with Gasteiger partial charge in [-0.25, -0.2) is 9.97 Å². The zero-order valence-electron chi connectivity index (χ0n) is 7.97. The van der Waals surface area contributed by atoms with E-state index in [1.807, 2.05) is 0 Å². The maximum atomic E-state index is 4.36. The lowest BCUT2D eigenvalue weighted by Crippen LogP contribution is -2.20. The average molecular weight is 205 g/mol. The molecular formula is C10H11N3S. The fourth-order valence-corrected chi connectivity index (χ4v) is 2.42. The second-order valence-electron chi connectivity index (χ2n) is 3.68. The van der Waals surface area contributed by atoms with Gasteiger partial charge in [0, 0.05) is 13.1 Å². The topological polar surface area (TPSA) is 29.0 Å². The number of hydrogen-bond donors (Lipinski definition) is 0. The fourth-order valence-electron chi connectivity index (χ4n) is 1.69. The summed E-state index contributed by atoms with van der Waals surface area (Å²) in [5, 5.41) is 3.26. The van der Waals surface area contributed by atoms with E-state index in [0.717, 1.165) is 10.6 Å². The number of rotatable bonds is 2. The normalized spacial score (nSPS) is 16.1. The van der Waals surface area contributed by atoms with E-state index in [1.165, 1.54) is 18.2 Å². The van der Waals surface area contributed by atoms with Crippen LogP contribution in [0.1, 0.15) is 12.8 Å². The molecule has 2 heterocycles. The first kappa shape index (κ1) is 8.17. The standard InChI is InChI=1S/C10H11N3S/c1-13(7-2-3-7)9-8-4-5-14-10(8)12-6-11-9/h4-7H,2-3H2,1H3. The first-order valence-corrected chi connectivity index (χ1v) is 5.65. The van der Waals surface area contributed by atoms with E-state index in [2.05, 4.69) is 33.4 Å². The van der Waals surface area contributed by atoms with Gasteiger partial charge in [0.25, 0.3) is 0 Å². The Morgan fingerprint density at radius 3 is 3.07 bits per heavy atom. The maximum Gasteiger partial charge on any atom is 0.140 e. The van der Waals surface area contributed by atoms with Gasteiger partial charge in [-0.2, -0.15) is 0 Å². The van der Waals surface area contributed by atoms with Crippen molar-refractivity contribution in [2.24, 2.45) is 0 Å². The molecule has 3 nitrogen and oxygen atoms in total. The van der Waals surface area contributed by atoms with Gasteiger partial charge in [-0.3, -0.25) is 0 Å². The average Bonchev–Trinajstić information content (AvgIpc) is 2.94. The molecule has 0 N–H and O–H groups in total. The second-order valence-corrected chi connectivity index (χ2v) is 4.57. The molecule has 0 amide bonds. The Morgan fingerprint density at radius 1 is 1.43 bits per heavy atom. The second kappa shape index (κ2) is 2.92. The summed E-state index contributed by atoms with van der Waals surface area (Å²) in [4.78, 5) is 12.0. The smallest absolute Gasteiger partial charge is 0.140 e. The molecule has 0 radical (unpaired) electrons. The van der Waals surface area contributed by atoms with E-state index in [4.69, 9.17) is 0 Å². The summed E-state index contributed by atoms with van der Waals surface area (Å²) in [7, 11) is 2.12. The Bertz CT molecular complexity index is 461. The lowest BCUT2D eigenvalue weighted by atomic mass is 10.3. The zero-order valence-corrected chi connectivity index (χ0v) is 8.79. The monoisotopic (exact) mass is 205 g/mol. The summed E-state index contributed by atoms with van der Waals surface area (Å²) in [5.41, 5.74) is 0. The summed E-state index contributed by atoms with van der Waals surface area (Å²) >= 11 is 1.67. The third-order valence-corrected chi connectivity index (χ3v) is 3.49. The predicted molar refractivity (Wildman–Crippen MR) is 58.8 cm³/mol. The van der Waals surface area contributed by atoms with Crippen molar-refractivity contribution in [3.05, 3.63) is 17.8 Å². The summed E-state index contributed by atoms with van der Waals surface area (Å²) in [6, 6.07) is 2.81. The van der Waals surface area contributed by atoms with Crippen LogP contribution in [-0.2, 0) is 0 Å². The Morgan fingerprint density at radius 2 is 2.29 bits per heavy atom. The van der Waals surface area contributed by atoms with Gasteiger partial charge < -0.3 is 4.90 Å².